The Morgan fingerprint density at radius 1 is 1.32 bits per heavy atom. The third-order valence-corrected chi connectivity index (χ3v) is 3.71. The van der Waals surface area contributed by atoms with E-state index in [2.05, 4.69) is 30.9 Å². The third-order valence-electron chi connectivity index (χ3n) is 3.71. The second kappa shape index (κ2) is 6.80. The molecule has 1 aliphatic heterocycles. The van der Waals surface area contributed by atoms with Crippen molar-refractivity contribution < 1.29 is 9.84 Å². The Morgan fingerprint density at radius 2 is 2.05 bits per heavy atom. The molecule has 0 radical (unpaired) electrons. The van der Waals surface area contributed by atoms with Crippen LogP contribution in [0.2, 0.25) is 0 Å². The Balaban J connectivity index is 1.84. The topological polar surface area (TPSA) is 32.7 Å². The fourth-order valence-corrected chi connectivity index (χ4v) is 2.38. The van der Waals surface area contributed by atoms with Crippen molar-refractivity contribution in [2.45, 2.75) is 26.7 Å². The van der Waals surface area contributed by atoms with E-state index in [-0.39, 0.29) is 0 Å². The number of ether oxygens (including phenoxy) is 1. The number of aliphatic hydroxyl groups is 1. The summed E-state index contributed by atoms with van der Waals surface area (Å²) in [6, 6.07) is 8.32. The highest BCUT2D eigenvalue weighted by Crippen LogP contribution is 2.25. The first-order chi connectivity index (χ1) is 9.19. The minimum atomic E-state index is 0.299. The van der Waals surface area contributed by atoms with Crippen LogP contribution < -0.4 is 9.64 Å². The van der Waals surface area contributed by atoms with Crippen LogP contribution in [0.3, 0.4) is 0 Å². The average Bonchev–Trinajstić information content (AvgIpc) is 2.88. The van der Waals surface area contributed by atoms with E-state index < -0.39 is 0 Å². The summed E-state index contributed by atoms with van der Waals surface area (Å²) in [5.41, 5.74) is 1.23. The maximum absolute atomic E-state index is 9.17. The van der Waals surface area contributed by atoms with Crippen molar-refractivity contribution in [1.29, 1.82) is 0 Å². The number of hydrogen-bond acceptors (Lipinski definition) is 3. The molecule has 1 fully saturated rings. The average molecular weight is 263 g/mol. The van der Waals surface area contributed by atoms with Gasteiger partial charge in [-0.1, -0.05) is 13.8 Å². The van der Waals surface area contributed by atoms with E-state index in [1.807, 2.05) is 12.1 Å². The van der Waals surface area contributed by atoms with Crippen LogP contribution in [0.5, 0.6) is 5.75 Å². The van der Waals surface area contributed by atoms with E-state index >= 15 is 0 Å². The summed E-state index contributed by atoms with van der Waals surface area (Å²) in [6.45, 7) is 7.50. The van der Waals surface area contributed by atoms with E-state index in [9.17, 15) is 5.11 Å². The van der Waals surface area contributed by atoms with Gasteiger partial charge in [-0.15, -0.1) is 0 Å². The highest BCUT2D eigenvalue weighted by Gasteiger charge is 2.21. The minimum Gasteiger partial charge on any atom is -0.494 e. The van der Waals surface area contributed by atoms with E-state index in [1.54, 1.807) is 0 Å². The lowest BCUT2D eigenvalue weighted by Gasteiger charge is -2.18. The number of anilines is 1. The minimum absolute atomic E-state index is 0.299. The van der Waals surface area contributed by atoms with Crippen LogP contribution in [0.4, 0.5) is 5.69 Å². The van der Waals surface area contributed by atoms with Crippen molar-refractivity contribution in [2.75, 3.05) is 31.2 Å². The van der Waals surface area contributed by atoms with Crippen molar-refractivity contribution in [3.63, 3.8) is 0 Å². The molecule has 19 heavy (non-hydrogen) atoms. The Morgan fingerprint density at radius 3 is 2.63 bits per heavy atom. The first-order valence-corrected chi connectivity index (χ1v) is 7.27. The molecule has 3 heteroatoms. The second-order valence-electron chi connectivity index (χ2n) is 5.81. The summed E-state index contributed by atoms with van der Waals surface area (Å²) in [6.07, 6.45) is 2.18. The molecule has 1 aromatic carbocycles. The molecule has 1 saturated heterocycles. The zero-order valence-electron chi connectivity index (χ0n) is 12.0. The third kappa shape index (κ3) is 4.13. The number of benzene rings is 1. The van der Waals surface area contributed by atoms with Gasteiger partial charge in [-0.2, -0.15) is 0 Å². The predicted octanol–water partition coefficient (Wildman–Crippen LogP) is 2.93. The van der Waals surface area contributed by atoms with Gasteiger partial charge in [0, 0.05) is 31.3 Å². The maximum atomic E-state index is 9.17. The Kier molecular flexibility index (Phi) is 5.08. The largest absolute Gasteiger partial charge is 0.494 e. The summed E-state index contributed by atoms with van der Waals surface area (Å²) in [5, 5.41) is 9.17. The molecule has 0 bridgehead atoms. The summed E-state index contributed by atoms with van der Waals surface area (Å²) >= 11 is 0. The molecule has 0 saturated carbocycles. The first kappa shape index (κ1) is 14.2. The molecule has 0 amide bonds. The fourth-order valence-electron chi connectivity index (χ4n) is 2.38. The van der Waals surface area contributed by atoms with Gasteiger partial charge in [-0.25, -0.2) is 0 Å². The van der Waals surface area contributed by atoms with E-state index in [0.29, 0.717) is 18.4 Å². The fraction of sp³-hybridized carbons (Fsp3) is 0.625. The SMILES string of the molecule is CC(C)CCOc1ccc(N2CCC(CO)C2)cc1. The molecule has 1 unspecified atom stereocenters. The smallest absolute Gasteiger partial charge is 0.119 e. The molecule has 0 aliphatic carbocycles. The number of nitrogens with zero attached hydrogens (tertiary/aromatic N) is 1. The molecule has 1 atom stereocenters. The Bertz CT molecular complexity index is 375. The van der Waals surface area contributed by atoms with Crippen molar-refractivity contribution in [2.24, 2.45) is 11.8 Å². The van der Waals surface area contributed by atoms with Crippen LogP contribution in [0.25, 0.3) is 0 Å². The van der Waals surface area contributed by atoms with E-state index in [4.69, 9.17) is 4.74 Å². The molecule has 0 spiro atoms. The molecule has 1 aliphatic rings. The molecular weight excluding hydrogens is 238 g/mol. The van der Waals surface area contributed by atoms with Gasteiger partial charge in [-0.3, -0.25) is 0 Å². The van der Waals surface area contributed by atoms with Gasteiger partial charge in [0.15, 0.2) is 0 Å². The van der Waals surface area contributed by atoms with Gasteiger partial charge in [0.2, 0.25) is 0 Å². The maximum Gasteiger partial charge on any atom is 0.119 e. The quantitative estimate of drug-likeness (QED) is 0.856. The van der Waals surface area contributed by atoms with Crippen molar-refractivity contribution in [3.8, 4) is 5.75 Å². The number of rotatable bonds is 6. The first-order valence-electron chi connectivity index (χ1n) is 7.27. The number of aliphatic hydroxyl groups excluding tert-OH is 1. The molecule has 3 nitrogen and oxygen atoms in total. The summed E-state index contributed by atoms with van der Waals surface area (Å²) in [5.74, 6) is 2.06. The Labute approximate surface area is 116 Å². The summed E-state index contributed by atoms with van der Waals surface area (Å²) in [4.78, 5) is 2.33. The molecule has 1 heterocycles. The van der Waals surface area contributed by atoms with Crippen LogP contribution in [0.15, 0.2) is 24.3 Å². The highest BCUT2D eigenvalue weighted by molar-refractivity contribution is 5.49. The van der Waals surface area contributed by atoms with Crippen LogP contribution in [0, 0.1) is 11.8 Å². The van der Waals surface area contributed by atoms with Gasteiger partial charge >= 0.3 is 0 Å². The van der Waals surface area contributed by atoms with E-state index in [0.717, 1.165) is 38.3 Å². The van der Waals surface area contributed by atoms with Crippen LogP contribution in [-0.2, 0) is 0 Å². The molecule has 1 N–H and O–H groups in total. The lowest BCUT2D eigenvalue weighted by molar-refractivity contribution is 0.238. The van der Waals surface area contributed by atoms with Crippen molar-refractivity contribution >= 4 is 5.69 Å². The standard InChI is InChI=1S/C16H25NO2/c1-13(2)8-10-19-16-5-3-15(4-6-16)17-9-7-14(11-17)12-18/h3-6,13-14,18H,7-12H2,1-2H3. The monoisotopic (exact) mass is 263 g/mol. The molecule has 2 rings (SSSR count). The molecule has 1 aromatic rings. The lowest BCUT2D eigenvalue weighted by atomic mass is 10.1. The predicted molar refractivity (Wildman–Crippen MR) is 78.8 cm³/mol. The van der Waals surface area contributed by atoms with E-state index in [1.165, 1.54) is 5.69 Å². The van der Waals surface area contributed by atoms with Crippen LogP contribution in [0.1, 0.15) is 26.7 Å². The van der Waals surface area contributed by atoms with Crippen molar-refractivity contribution in [3.05, 3.63) is 24.3 Å². The van der Waals surface area contributed by atoms with Gasteiger partial charge in [-0.05, 0) is 43.0 Å². The molecule has 106 valence electrons. The molecule has 0 aromatic heterocycles. The van der Waals surface area contributed by atoms with Crippen LogP contribution >= 0.6 is 0 Å². The highest BCUT2D eigenvalue weighted by atomic mass is 16.5. The van der Waals surface area contributed by atoms with Crippen LogP contribution in [-0.4, -0.2) is 31.4 Å². The zero-order valence-corrected chi connectivity index (χ0v) is 12.0. The molecular formula is C16H25NO2. The summed E-state index contributed by atoms with van der Waals surface area (Å²) < 4.78 is 5.72. The second-order valence-corrected chi connectivity index (χ2v) is 5.81. The summed E-state index contributed by atoms with van der Waals surface area (Å²) in [7, 11) is 0. The Hall–Kier alpha value is -1.22. The normalized spacial score (nSPS) is 19.2. The zero-order chi connectivity index (χ0) is 13.7. The van der Waals surface area contributed by atoms with Crippen molar-refractivity contribution in [1.82, 2.24) is 0 Å². The number of hydrogen-bond donors (Lipinski definition) is 1. The van der Waals surface area contributed by atoms with Gasteiger partial charge in [0.25, 0.3) is 0 Å². The van der Waals surface area contributed by atoms with Gasteiger partial charge in [0.1, 0.15) is 5.75 Å². The van der Waals surface area contributed by atoms with Gasteiger partial charge in [0.05, 0.1) is 6.61 Å². The lowest BCUT2D eigenvalue weighted by Crippen LogP contribution is -2.20. The van der Waals surface area contributed by atoms with Gasteiger partial charge < -0.3 is 14.7 Å².